The molecular formula is C19H15BrN4O3. The molecule has 0 aliphatic carbocycles. The Morgan fingerprint density at radius 2 is 2.04 bits per heavy atom. The van der Waals surface area contributed by atoms with E-state index in [1.807, 2.05) is 25.1 Å². The second kappa shape index (κ2) is 6.62. The van der Waals surface area contributed by atoms with E-state index in [9.17, 15) is 14.4 Å². The minimum Gasteiger partial charge on any atom is -0.307 e. The van der Waals surface area contributed by atoms with E-state index in [1.54, 1.807) is 22.7 Å². The summed E-state index contributed by atoms with van der Waals surface area (Å²) in [6.07, 6.45) is 2.41. The number of hydrogen-bond acceptors (Lipinski definition) is 4. The SMILES string of the molecule is CCCn1c(=O)[nH]c2ccc(C(=O)c3nc(Br)c4ccccn34)cc2c1=O. The maximum absolute atomic E-state index is 13.0. The van der Waals surface area contributed by atoms with E-state index in [2.05, 4.69) is 25.9 Å². The highest BCUT2D eigenvalue weighted by atomic mass is 79.9. The second-order valence-corrected chi connectivity index (χ2v) is 6.91. The first-order valence-electron chi connectivity index (χ1n) is 8.45. The minimum absolute atomic E-state index is 0.245. The highest BCUT2D eigenvalue weighted by molar-refractivity contribution is 9.10. The monoisotopic (exact) mass is 426 g/mol. The lowest BCUT2D eigenvalue weighted by Gasteiger charge is -2.06. The number of nitrogens with one attached hydrogen (secondary N) is 1. The zero-order valence-corrected chi connectivity index (χ0v) is 16.0. The van der Waals surface area contributed by atoms with Crippen molar-refractivity contribution in [3.8, 4) is 0 Å². The summed E-state index contributed by atoms with van der Waals surface area (Å²) in [5.74, 6) is -0.0634. The van der Waals surface area contributed by atoms with E-state index in [0.717, 1.165) is 10.1 Å². The number of carbonyl (C=O) groups is 1. The van der Waals surface area contributed by atoms with Crippen LogP contribution in [0.4, 0.5) is 0 Å². The van der Waals surface area contributed by atoms with Crippen molar-refractivity contribution in [3.05, 3.63) is 79.4 Å². The summed E-state index contributed by atoms with van der Waals surface area (Å²) in [7, 11) is 0. The summed E-state index contributed by atoms with van der Waals surface area (Å²) in [5.41, 5.74) is 0.660. The van der Waals surface area contributed by atoms with E-state index >= 15 is 0 Å². The molecule has 0 saturated heterocycles. The van der Waals surface area contributed by atoms with Gasteiger partial charge in [0.2, 0.25) is 5.78 Å². The fourth-order valence-corrected chi connectivity index (χ4v) is 3.60. The van der Waals surface area contributed by atoms with Crippen LogP contribution in [0.15, 0.2) is 56.8 Å². The first-order chi connectivity index (χ1) is 13.0. The van der Waals surface area contributed by atoms with E-state index in [0.29, 0.717) is 34.0 Å². The van der Waals surface area contributed by atoms with Crippen LogP contribution in [0.1, 0.15) is 29.5 Å². The van der Waals surface area contributed by atoms with Crippen LogP contribution in [0.2, 0.25) is 0 Å². The molecule has 0 amide bonds. The lowest BCUT2D eigenvalue weighted by molar-refractivity contribution is 0.102. The molecule has 7 nitrogen and oxygen atoms in total. The highest BCUT2D eigenvalue weighted by Gasteiger charge is 2.19. The van der Waals surface area contributed by atoms with Crippen molar-refractivity contribution in [2.24, 2.45) is 0 Å². The van der Waals surface area contributed by atoms with Gasteiger partial charge in [0.15, 0.2) is 5.82 Å². The molecule has 0 atom stereocenters. The number of H-pyrrole nitrogens is 1. The Hall–Kier alpha value is -3.00. The van der Waals surface area contributed by atoms with Crippen LogP contribution >= 0.6 is 15.9 Å². The van der Waals surface area contributed by atoms with Gasteiger partial charge in [-0.3, -0.25) is 18.6 Å². The average Bonchev–Trinajstić information content (AvgIpc) is 3.01. The summed E-state index contributed by atoms with van der Waals surface area (Å²) in [6.45, 7) is 2.21. The molecule has 0 radical (unpaired) electrons. The van der Waals surface area contributed by atoms with Gasteiger partial charge < -0.3 is 4.98 Å². The average molecular weight is 427 g/mol. The summed E-state index contributed by atoms with van der Waals surface area (Å²) < 4.78 is 3.42. The van der Waals surface area contributed by atoms with Crippen molar-refractivity contribution in [1.82, 2.24) is 18.9 Å². The van der Waals surface area contributed by atoms with Crippen molar-refractivity contribution < 1.29 is 4.79 Å². The van der Waals surface area contributed by atoms with Gasteiger partial charge in [-0.25, -0.2) is 9.78 Å². The highest BCUT2D eigenvalue weighted by Crippen LogP contribution is 2.21. The van der Waals surface area contributed by atoms with Crippen molar-refractivity contribution in [2.75, 3.05) is 0 Å². The summed E-state index contributed by atoms with van der Waals surface area (Å²) in [4.78, 5) is 44.8. The molecule has 1 aromatic carbocycles. The van der Waals surface area contributed by atoms with Crippen LogP contribution in [0.5, 0.6) is 0 Å². The van der Waals surface area contributed by atoms with E-state index < -0.39 is 11.2 Å². The van der Waals surface area contributed by atoms with Gasteiger partial charge in [-0.2, -0.15) is 0 Å². The number of nitrogens with zero attached hydrogens (tertiary/aromatic N) is 3. The lowest BCUT2D eigenvalue weighted by Crippen LogP contribution is -2.35. The molecule has 8 heteroatoms. The van der Waals surface area contributed by atoms with E-state index in [-0.39, 0.29) is 11.6 Å². The first kappa shape index (κ1) is 17.4. The largest absolute Gasteiger partial charge is 0.328 e. The number of benzene rings is 1. The third kappa shape index (κ3) is 2.82. The Morgan fingerprint density at radius 1 is 1.22 bits per heavy atom. The van der Waals surface area contributed by atoms with E-state index in [1.165, 1.54) is 6.07 Å². The first-order valence-corrected chi connectivity index (χ1v) is 9.24. The normalized spacial score (nSPS) is 11.3. The third-order valence-electron chi connectivity index (χ3n) is 4.40. The number of ketones is 1. The number of halogens is 1. The van der Waals surface area contributed by atoms with Gasteiger partial charge in [-0.15, -0.1) is 0 Å². The van der Waals surface area contributed by atoms with Crippen molar-refractivity contribution in [2.45, 2.75) is 19.9 Å². The van der Waals surface area contributed by atoms with Crippen LogP contribution in [0.3, 0.4) is 0 Å². The van der Waals surface area contributed by atoms with Crippen molar-refractivity contribution in [1.29, 1.82) is 0 Å². The van der Waals surface area contributed by atoms with Gasteiger partial charge in [-0.05, 0) is 52.7 Å². The van der Waals surface area contributed by atoms with Crippen LogP contribution in [0, 0.1) is 0 Å². The van der Waals surface area contributed by atoms with Crippen molar-refractivity contribution >= 4 is 38.1 Å². The van der Waals surface area contributed by atoms with Crippen LogP contribution < -0.4 is 11.2 Å². The topological polar surface area (TPSA) is 89.2 Å². The van der Waals surface area contributed by atoms with Gasteiger partial charge >= 0.3 is 5.69 Å². The van der Waals surface area contributed by atoms with Crippen LogP contribution in [-0.4, -0.2) is 24.7 Å². The fourth-order valence-electron chi connectivity index (χ4n) is 3.11. The quantitative estimate of drug-likeness (QED) is 0.508. The molecule has 0 unspecified atom stereocenters. The molecule has 0 aliphatic heterocycles. The number of fused-ring (bicyclic) bond motifs is 2. The van der Waals surface area contributed by atoms with Gasteiger partial charge in [0.25, 0.3) is 5.56 Å². The number of carbonyl (C=O) groups excluding carboxylic acids is 1. The maximum atomic E-state index is 13.0. The Morgan fingerprint density at radius 3 is 2.81 bits per heavy atom. The summed E-state index contributed by atoms with van der Waals surface area (Å²) >= 11 is 3.37. The Kier molecular flexibility index (Phi) is 4.27. The van der Waals surface area contributed by atoms with Crippen LogP contribution in [0.25, 0.3) is 16.4 Å². The number of aromatic nitrogens is 4. The van der Waals surface area contributed by atoms with Crippen LogP contribution in [-0.2, 0) is 6.54 Å². The number of rotatable bonds is 4. The molecule has 4 rings (SSSR count). The molecular weight excluding hydrogens is 412 g/mol. The summed E-state index contributed by atoms with van der Waals surface area (Å²) in [6, 6.07) is 10.2. The summed E-state index contributed by atoms with van der Waals surface area (Å²) in [5, 5.41) is 0.300. The molecule has 3 aromatic heterocycles. The molecule has 27 heavy (non-hydrogen) atoms. The number of aromatic amines is 1. The standard InChI is InChI=1S/C19H15BrN4O3/c1-2-8-24-18(26)12-10-11(6-7-13(12)21-19(24)27)15(25)17-22-16(20)14-5-3-4-9-23(14)17/h3-7,9-10H,2,8H2,1H3,(H,21,27). The molecule has 3 heterocycles. The predicted octanol–water partition coefficient (Wildman–Crippen LogP) is 2.74. The van der Waals surface area contributed by atoms with Gasteiger partial charge in [0.1, 0.15) is 4.60 Å². The minimum atomic E-state index is -0.448. The zero-order valence-electron chi connectivity index (χ0n) is 14.4. The molecule has 136 valence electrons. The maximum Gasteiger partial charge on any atom is 0.328 e. The second-order valence-electron chi connectivity index (χ2n) is 6.16. The zero-order chi connectivity index (χ0) is 19.1. The Bertz CT molecular complexity index is 1320. The molecule has 0 aliphatic rings. The lowest BCUT2D eigenvalue weighted by atomic mass is 10.1. The smallest absolute Gasteiger partial charge is 0.307 e. The third-order valence-corrected chi connectivity index (χ3v) is 4.98. The van der Waals surface area contributed by atoms with Gasteiger partial charge in [0.05, 0.1) is 16.4 Å². The molecule has 4 aromatic rings. The van der Waals surface area contributed by atoms with Crippen molar-refractivity contribution in [3.63, 3.8) is 0 Å². The predicted molar refractivity (Wildman–Crippen MR) is 105 cm³/mol. The molecule has 0 fully saturated rings. The van der Waals surface area contributed by atoms with E-state index in [4.69, 9.17) is 0 Å². The molecule has 0 bridgehead atoms. The Labute approximate surface area is 161 Å². The number of hydrogen-bond donors (Lipinski definition) is 1. The Balaban J connectivity index is 1.90. The molecule has 1 N–H and O–H groups in total. The molecule has 0 saturated carbocycles. The molecule has 0 spiro atoms. The number of pyridine rings is 1. The van der Waals surface area contributed by atoms with Gasteiger partial charge in [-0.1, -0.05) is 13.0 Å². The van der Waals surface area contributed by atoms with Gasteiger partial charge in [0, 0.05) is 18.3 Å². The number of imidazole rings is 1. The fraction of sp³-hybridized carbons (Fsp3) is 0.158.